The van der Waals surface area contributed by atoms with Gasteiger partial charge in [0, 0.05) is 23.0 Å². The predicted molar refractivity (Wildman–Crippen MR) is 74.1 cm³/mol. The molecule has 3 rings (SSSR count). The van der Waals surface area contributed by atoms with Gasteiger partial charge in [0.1, 0.15) is 0 Å². The number of nitrogens with zero attached hydrogens (tertiary/aromatic N) is 1. The molecule has 1 aromatic carbocycles. The van der Waals surface area contributed by atoms with E-state index in [-0.39, 0.29) is 0 Å². The van der Waals surface area contributed by atoms with Crippen LogP contribution >= 0.6 is 0 Å². The summed E-state index contributed by atoms with van der Waals surface area (Å²) in [6.45, 7) is 6.73. The van der Waals surface area contributed by atoms with Crippen LogP contribution in [0.5, 0.6) is 0 Å². The minimum atomic E-state index is 0.515. The SMILES string of the molecule is CC1=CC2=CCCc3cccc(c32)N1C(C)C. The Bertz CT molecular complexity index is 520. The second kappa shape index (κ2) is 3.76. The van der Waals surface area contributed by atoms with Crippen molar-refractivity contribution < 1.29 is 0 Å². The lowest BCUT2D eigenvalue weighted by Gasteiger charge is -2.37. The van der Waals surface area contributed by atoms with E-state index in [4.69, 9.17) is 0 Å². The second-order valence-corrected chi connectivity index (χ2v) is 5.26. The molecule has 1 heteroatoms. The van der Waals surface area contributed by atoms with Gasteiger partial charge in [0.05, 0.1) is 0 Å². The Labute approximate surface area is 103 Å². The van der Waals surface area contributed by atoms with Gasteiger partial charge in [-0.2, -0.15) is 0 Å². The maximum Gasteiger partial charge on any atom is 0.0492 e. The molecule has 2 aliphatic rings. The average Bonchev–Trinajstić information content (AvgIpc) is 2.28. The van der Waals surface area contributed by atoms with Gasteiger partial charge in [-0.25, -0.2) is 0 Å². The highest BCUT2D eigenvalue weighted by Crippen LogP contribution is 2.41. The molecule has 0 radical (unpaired) electrons. The van der Waals surface area contributed by atoms with Crippen molar-refractivity contribution in [3.63, 3.8) is 0 Å². The first-order valence-electron chi connectivity index (χ1n) is 6.48. The summed E-state index contributed by atoms with van der Waals surface area (Å²) in [7, 11) is 0. The fourth-order valence-electron chi connectivity index (χ4n) is 3.12. The van der Waals surface area contributed by atoms with E-state index in [1.165, 1.54) is 40.9 Å². The summed E-state index contributed by atoms with van der Waals surface area (Å²) in [5, 5.41) is 0. The minimum Gasteiger partial charge on any atom is -0.342 e. The van der Waals surface area contributed by atoms with Crippen molar-refractivity contribution in [2.75, 3.05) is 4.90 Å². The maximum atomic E-state index is 2.45. The van der Waals surface area contributed by atoms with Gasteiger partial charge in [-0.15, -0.1) is 0 Å². The van der Waals surface area contributed by atoms with Crippen LogP contribution in [0.3, 0.4) is 0 Å². The fourth-order valence-corrected chi connectivity index (χ4v) is 3.12. The van der Waals surface area contributed by atoms with E-state index in [0.717, 1.165) is 0 Å². The molecule has 0 amide bonds. The molecular formula is C16H19N. The third kappa shape index (κ3) is 1.53. The molecule has 88 valence electrons. The molecule has 17 heavy (non-hydrogen) atoms. The maximum absolute atomic E-state index is 2.45. The highest BCUT2D eigenvalue weighted by molar-refractivity contribution is 5.90. The van der Waals surface area contributed by atoms with E-state index < -0.39 is 0 Å². The van der Waals surface area contributed by atoms with E-state index in [1.54, 1.807) is 0 Å². The molecular weight excluding hydrogens is 206 g/mol. The van der Waals surface area contributed by atoms with Crippen LogP contribution in [-0.4, -0.2) is 6.04 Å². The highest BCUT2D eigenvalue weighted by atomic mass is 15.2. The van der Waals surface area contributed by atoms with Crippen LogP contribution in [-0.2, 0) is 6.42 Å². The van der Waals surface area contributed by atoms with Crippen molar-refractivity contribution in [1.29, 1.82) is 0 Å². The van der Waals surface area contributed by atoms with Crippen molar-refractivity contribution in [2.24, 2.45) is 0 Å². The Kier molecular flexibility index (Phi) is 2.36. The van der Waals surface area contributed by atoms with E-state index in [2.05, 4.69) is 56.0 Å². The van der Waals surface area contributed by atoms with Gasteiger partial charge >= 0.3 is 0 Å². The van der Waals surface area contributed by atoms with E-state index in [0.29, 0.717) is 6.04 Å². The third-order valence-electron chi connectivity index (χ3n) is 3.72. The van der Waals surface area contributed by atoms with Crippen LogP contribution in [0.4, 0.5) is 5.69 Å². The van der Waals surface area contributed by atoms with E-state index >= 15 is 0 Å². The minimum absolute atomic E-state index is 0.515. The molecule has 1 nitrogen and oxygen atoms in total. The molecule has 0 unspecified atom stereocenters. The van der Waals surface area contributed by atoms with Gasteiger partial charge in [-0.3, -0.25) is 0 Å². The summed E-state index contributed by atoms with van der Waals surface area (Å²) in [6, 6.07) is 7.25. The summed E-state index contributed by atoms with van der Waals surface area (Å²) in [4.78, 5) is 2.45. The summed E-state index contributed by atoms with van der Waals surface area (Å²) in [5.74, 6) is 0. The number of hydrogen-bond acceptors (Lipinski definition) is 1. The molecule has 0 saturated carbocycles. The molecule has 1 heterocycles. The Hall–Kier alpha value is -1.50. The number of rotatable bonds is 1. The fraction of sp³-hybridized carbons (Fsp3) is 0.375. The molecule has 1 aliphatic carbocycles. The Balaban J connectivity index is 2.26. The van der Waals surface area contributed by atoms with Crippen LogP contribution in [0.2, 0.25) is 0 Å². The first-order chi connectivity index (χ1) is 8.18. The van der Waals surface area contributed by atoms with Crippen molar-refractivity contribution in [3.05, 3.63) is 47.2 Å². The largest absolute Gasteiger partial charge is 0.342 e. The van der Waals surface area contributed by atoms with Gasteiger partial charge in [-0.1, -0.05) is 18.2 Å². The van der Waals surface area contributed by atoms with Crippen LogP contribution in [0.15, 0.2) is 36.0 Å². The standard InChI is InChI=1S/C16H19N/c1-11(2)17-12(3)10-14-8-4-6-13-7-5-9-15(17)16(13)14/h5,7-11H,4,6H2,1-3H3. The normalized spacial score (nSPS) is 17.8. The zero-order valence-electron chi connectivity index (χ0n) is 10.8. The lowest BCUT2D eigenvalue weighted by Crippen LogP contribution is -2.32. The number of allylic oxidation sites excluding steroid dienone is 4. The topological polar surface area (TPSA) is 3.24 Å². The summed E-state index contributed by atoms with van der Waals surface area (Å²) in [5.41, 5.74) is 7.16. The average molecular weight is 225 g/mol. The molecule has 0 bridgehead atoms. The van der Waals surface area contributed by atoms with Gasteiger partial charge < -0.3 is 4.90 Å². The molecule has 0 aromatic heterocycles. The van der Waals surface area contributed by atoms with Crippen LogP contribution in [0, 0.1) is 0 Å². The molecule has 1 aromatic rings. The zero-order valence-corrected chi connectivity index (χ0v) is 10.8. The first kappa shape index (κ1) is 10.6. The molecule has 0 saturated heterocycles. The molecule has 0 N–H and O–H groups in total. The van der Waals surface area contributed by atoms with E-state index in [9.17, 15) is 0 Å². The molecule has 0 atom stereocenters. The molecule has 0 spiro atoms. The van der Waals surface area contributed by atoms with Gasteiger partial charge in [0.25, 0.3) is 0 Å². The van der Waals surface area contributed by atoms with Crippen molar-refractivity contribution in [1.82, 2.24) is 0 Å². The van der Waals surface area contributed by atoms with Crippen LogP contribution in [0.1, 0.15) is 38.3 Å². The summed E-state index contributed by atoms with van der Waals surface area (Å²) >= 11 is 0. The quantitative estimate of drug-likeness (QED) is 0.694. The van der Waals surface area contributed by atoms with Crippen molar-refractivity contribution >= 4 is 11.3 Å². The van der Waals surface area contributed by atoms with E-state index in [1.807, 2.05) is 0 Å². The Morgan fingerprint density at radius 3 is 2.82 bits per heavy atom. The number of aryl methyl sites for hydroxylation is 1. The second-order valence-electron chi connectivity index (χ2n) is 5.26. The highest BCUT2D eigenvalue weighted by Gasteiger charge is 2.25. The number of anilines is 1. The van der Waals surface area contributed by atoms with Crippen LogP contribution in [0.25, 0.3) is 5.57 Å². The third-order valence-corrected chi connectivity index (χ3v) is 3.72. The Morgan fingerprint density at radius 2 is 2.06 bits per heavy atom. The van der Waals surface area contributed by atoms with Crippen LogP contribution < -0.4 is 4.90 Å². The molecule has 1 aliphatic heterocycles. The smallest absolute Gasteiger partial charge is 0.0492 e. The number of hydrogen-bond donors (Lipinski definition) is 0. The first-order valence-corrected chi connectivity index (χ1v) is 6.48. The zero-order chi connectivity index (χ0) is 12.0. The van der Waals surface area contributed by atoms with Gasteiger partial charge in [0.15, 0.2) is 0 Å². The van der Waals surface area contributed by atoms with Crippen molar-refractivity contribution in [3.8, 4) is 0 Å². The Morgan fingerprint density at radius 1 is 1.24 bits per heavy atom. The lowest BCUT2D eigenvalue weighted by molar-refractivity contribution is 0.747. The van der Waals surface area contributed by atoms with Gasteiger partial charge in [0.2, 0.25) is 0 Å². The summed E-state index contributed by atoms with van der Waals surface area (Å²) in [6.07, 6.45) is 7.08. The predicted octanol–water partition coefficient (Wildman–Crippen LogP) is 4.15. The molecule has 0 fully saturated rings. The monoisotopic (exact) mass is 225 g/mol. The van der Waals surface area contributed by atoms with Gasteiger partial charge in [-0.05, 0) is 56.9 Å². The number of benzene rings is 1. The lowest BCUT2D eigenvalue weighted by atomic mass is 9.86. The summed E-state index contributed by atoms with van der Waals surface area (Å²) < 4.78 is 0. The van der Waals surface area contributed by atoms with Crippen molar-refractivity contribution in [2.45, 2.75) is 39.7 Å².